The number of hydrogen-bond donors (Lipinski definition) is 0. The lowest BCUT2D eigenvalue weighted by Gasteiger charge is -2.37. The molecular weight excluding hydrogens is 214 g/mol. The third-order valence-corrected chi connectivity index (χ3v) is 4.30. The second kappa shape index (κ2) is 6.39. The van der Waals surface area contributed by atoms with E-state index in [0.29, 0.717) is 0 Å². The van der Waals surface area contributed by atoms with Crippen LogP contribution in [-0.4, -0.2) is 37.1 Å². The molecule has 1 atom stereocenters. The van der Waals surface area contributed by atoms with E-state index in [-0.39, 0.29) is 12.0 Å². The van der Waals surface area contributed by atoms with Gasteiger partial charge in [0.25, 0.3) is 0 Å². The molecule has 0 aromatic rings. The highest BCUT2D eigenvalue weighted by Crippen LogP contribution is 2.27. The predicted molar refractivity (Wildman–Crippen MR) is 67.8 cm³/mol. The summed E-state index contributed by atoms with van der Waals surface area (Å²) < 4.78 is 4.93. The Morgan fingerprint density at radius 2 is 1.82 bits per heavy atom. The second-order valence-electron chi connectivity index (χ2n) is 5.53. The van der Waals surface area contributed by atoms with Crippen LogP contribution in [0.4, 0.5) is 0 Å². The molecule has 1 heterocycles. The zero-order chi connectivity index (χ0) is 12.1. The SMILES string of the molecule is COC(=O)[C@H]1CCCCN1CC1CCCCC1. The average molecular weight is 239 g/mol. The molecule has 0 bridgehead atoms. The largest absolute Gasteiger partial charge is 0.468 e. The summed E-state index contributed by atoms with van der Waals surface area (Å²) in [5.74, 6) is 0.787. The molecule has 2 aliphatic rings. The Morgan fingerprint density at radius 3 is 2.53 bits per heavy atom. The van der Waals surface area contributed by atoms with Crippen molar-refractivity contribution < 1.29 is 9.53 Å². The highest BCUT2D eigenvalue weighted by Gasteiger charge is 2.31. The van der Waals surface area contributed by atoms with Crippen LogP contribution < -0.4 is 0 Å². The van der Waals surface area contributed by atoms with E-state index in [0.717, 1.165) is 25.4 Å². The molecule has 98 valence electrons. The summed E-state index contributed by atoms with van der Waals surface area (Å²) in [5, 5.41) is 0. The lowest BCUT2D eigenvalue weighted by atomic mass is 9.88. The smallest absolute Gasteiger partial charge is 0.323 e. The van der Waals surface area contributed by atoms with Crippen LogP contribution in [0.25, 0.3) is 0 Å². The summed E-state index contributed by atoms with van der Waals surface area (Å²) in [6, 6.07) is 0.0377. The quantitative estimate of drug-likeness (QED) is 0.709. The maximum absolute atomic E-state index is 11.8. The Labute approximate surface area is 105 Å². The van der Waals surface area contributed by atoms with Crippen LogP contribution in [0.15, 0.2) is 0 Å². The molecule has 2 rings (SSSR count). The van der Waals surface area contributed by atoms with Crippen LogP contribution in [0.2, 0.25) is 0 Å². The molecule has 1 saturated heterocycles. The first-order valence-electron chi connectivity index (χ1n) is 7.13. The first kappa shape index (κ1) is 12.9. The average Bonchev–Trinajstić information content (AvgIpc) is 2.40. The van der Waals surface area contributed by atoms with Crippen LogP contribution in [0.5, 0.6) is 0 Å². The molecule has 17 heavy (non-hydrogen) atoms. The van der Waals surface area contributed by atoms with Gasteiger partial charge in [0.1, 0.15) is 6.04 Å². The third kappa shape index (κ3) is 3.44. The van der Waals surface area contributed by atoms with Crippen molar-refractivity contribution in [3.63, 3.8) is 0 Å². The van der Waals surface area contributed by atoms with Crippen LogP contribution >= 0.6 is 0 Å². The van der Waals surface area contributed by atoms with Crippen molar-refractivity contribution in [2.24, 2.45) is 5.92 Å². The fourth-order valence-electron chi connectivity index (χ4n) is 3.31. The molecule has 3 heteroatoms. The highest BCUT2D eigenvalue weighted by molar-refractivity contribution is 5.75. The maximum Gasteiger partial charge on any atom is 0.323 e. The number of hydrogen-bond acceptors (Lipinski definition) is 3. The fourth-order valence-corrected chi connectivity index (χ4v) is 3.31. The van der Waals surface area contributed by atoms with E-state index in [4.69, 9.17) is 4.74 Å². The molecule has 0 unspecified atom stereocenters. The van der Waals surface area contributed by atoms with E-state index in [9.17, 15) is 4.79 Å². The minimum absolute atomic E-state index is 0.0273. The third-order valence-electron chi connectivity index (χ3n) is 4.30. The zero-order valence-corrected chi connectivity index (χ0v) is 11.0. The summed E-state index contributed by atoms with van der Waals surface area (Å²) in [6.45, 7) is 2.19. The van der Waals surface area contributed by atoms with Gasteiger partial charge in [0, 0.05) is 6.54 Å². The minimum Gasteiger partial charge on any atom is -0.468 e. The van der Waals surface area contributed by atoms with Crippen molar-refractivity contribution in [1.29, 1.82) is 0 Å². The van der Waals surface area contributed by atoms with Gasteiger partial charge < -0.3 is 4.74 Å². The normalized spacial score (nSPS) is 27.9. The zero-order valence-electron chi connectivity index (χ0n) is 11.0. The molecule has 0 aromatic carbocycles. The monoisotopic (exact) mass is 239 g/mol. The van der Waals surface area contributed by atoms with Crippen molar-refractivity contribution in [3.05, 3.63) is 0 Å². The topological polar surface area (TPSA) is 29.5 Å². The summed E-state index contributed by atoms with van der Waals surface area (Å²) >= 11 is 0. The molecule has 1 aliphatic heterocycles. The molecule has 0 spiro atoms. The molecule has 0 amide bonds. The maximum atomic E-state index is 11.8. The molecule has 1 aliphatic carbocycles. The van der Waals surface area contributed by atoms with E-state index in [2.05, 4.69) is 4.90 Å². The molecule has 1 saturated carbocycles. The van der Waals surface area contributed by atoms with E-state index in [1.54, 1.807) is 0 Å². The number of likely N-dealkylation sites (tertiary alicyclic amines) is 1. The van der Waals surface area contributed by atoms with Crippen molar-refractivity contribution in [2.75, 3.05) is 20.2 Å². The minimum atomic E-state index is -0.0273. The Balaban J connectivity index is 1.88. The van der Waals surface area contributed by atoms with Gasteiger partial charge in [-0.25, -0.2) is 0 Å². The van der Waals surface area contributed by atoms with E-state index in [1.807, 2.05) is 0 Å². The number of carbonyl (C=O) groups excluding carboxylic acids is 1. The van der Waals surface area contributed by atoms with Crippen molar-refractivity contribution in [2.45, 2.75) is 57.4 Å². The first-order chi connectivity index (χ1) is 8.31. The number of rotatable bonds is 3. The van der Waals surface area contributed by atoms with Crippen LogP contribution in [0, 0.1) is 5.92 Å². The molecule has 0 radical (unpaired) electrons. The van der Waals surface area contributed by atoms with Crippen LogP contribution in [0.1, 0.15) is 51.4 Å². The van der Waals surface area contributed by atoms with Crippen molar-refractivity contribution >= 4 is 5.97 Å². The fraction of sp³-hybridized carbons (Fsp3) is 0.929. The van der Waals surface area contributed by atoms with Crippen LogP contribution in [-0.2, 0) is 9.53 Å². The van der Waals surface area contributed by atoms with Gasteiger partial charge in [-0.3, -0.25) is 9.69 Å². The summed E-state index contributed by atoms with van der Waals surface area (Å²) in [5.41, 5.74) is 0. The van der Waals surface area contributed by atoms with Gasteiger partial charge in [-0.15, -0.1) is 0 Å². The van der Waals surface area contributed by atoms with Gasteiger partial charge in [-0.2, -0.15) is 0 Å². The van der Waals surface area contributed by atoms with Gasteiger partial charge >= 0.3 is 5.97 Å². The standard InChI is InChI=1S/C14H25NO2/c1-17-14(16)13-9-5-6-10-15(13)11-12-7-3-2-4-8-12/h12-13H,2-11H2,1H3/t13-/m1/s1. The number of piperidine rings is 1. The molecule has 0 N–H and O–H groups in total. The second-order valence-corrected chi connectivity index (χ2v) is 5.53. The number of esters is 1. The van der Waals surface area contributed by atoms with E-state index < -0.39 is 0 Å². The van der Waals surface area contributed by atoms with Gasteiger partial charge in [-0.1, -0.05) is 25.7 Å². The predicted octanol–water partition coefficient (Wildman–Crippen LogP) is 2.59. The summed E-state index contributed by atoms with van der Waals surface area (Å²) in [6.07, 6.45) is 10.2. The Morgan fingerprint density at radius 1 is 1.12 bits per heavy atom. The van der Waals surface area contributed by atoms with Gasteiger partial charge in [0.2, 0.25) is 0 Å². The number of nitrogens with zero attached hydrogens (tertiary/aromatic N) is 1. The first-order valence-corrected chi connectivity index (χ1v) is 7.13. The van der Waals surface area contributed by atoms with Gasteiger partial charge in [-0.05, 0) is 38.1 Å². The summed E-state index contributed by atoms with van der Waals surface area (Å²) in [7, 11) is 1.51. The molecule has 0 aromatic heterocycles. The molecule has 3 nitrogen and oxygen atoms in total. The number of methoxy groups -OCH3 is 1. The van der Waals surface area contributed by atoms with Crippen molar-refractivity contribution in [1.82, 2.24) is 4.90 Å². The Hall–Kier alpha value is -0.570. The Kier molecular flexibility index (Phi) is 4.84. The lowest BCUT2D eigenvalue weighted by molar-refractivity contribution is -0.148. The summed E-state index contributed by atoms with van der Waals surface area (Å²) in [4.78, 5) is 14.1. The lowest BCUT2D eigenvalue weighted by Crippen LogP contribution is -2.47. The van der Waals surface area contributed by atoms with E-state index >= 15 is 0 Å². The Bertz CT molecular complexity index is 249. The molecule has 2 fully saturated rings. The number of ether oxygens (including phenoxy) is 1. The van der Waals surface area contributed by atoms with Crippen molar-refractivity contribution in [3.8, 4) is 0 Å². The van der Waals surface area contributed by atoms with Crippen LogP contribution in [0.3, 0.4) is 0 Å². The number of carbonyl (C=O) groups is 1. The van der Waals surface area contributed by atoms with Gasteiger partial charge in [0.05, 0.1) is 7.11 Å². The molecular formula is C14H25NO2. The highest BCUT2D eigenvalue weighted by atomic mass is 16.5. The van der Waals surface area contributed by atoms with Gasteiger partial charge in [0.15, 0.2) is 0 Å². The van der Waals surface area contributed by atoms with E-state index in [1.165, 1.54) is 52.1 Å².